The molecule has 6 heteroatoms. The Hall–Kier alpha value is -1.62. The minimum absolute atomic E-state index is 0. The summed E-state index contributed by atoms with van der Waals surface area (Å²) in [6.07, 6.45) is 0.0764. The van der Waals surface area contributed by atoms with E-state index in [1.807, 2.05) is 0 Å². The first-order valence-electron chi connectivity index (χ1n) is 4.30. The molecule has 0 aliphatic rings. The lowest BCUT2D eigenvalue weighted by Crippen LogP contribution is -2.13. The quantitative estimate of drug-likeness (QED) is 0.827. The minimum atomic E-state index is -0.454. The van der Waals surface area contributed by atoms with Gasteiger partial charge in [0.1, 0.15) is 0 Å². The molecule has 1 aromatic carbocycles. The second-order valence-corrected chi connectivity index (χ2v) is 2.99. The number of nitrogens with two attached hydrogens (primary N) is 1. The number of phenols is 1. The SMILES string of the molecule is COc1cc(CC(N)=O)cc(OC)c1O.Cl. The maximum Gasteiger partial charge on any atom is 0.221 e. The molecule has 1 aromatic rings. The summed E-state index contributed by atoms with van der Waals surface area (Å²) in [5.74, 6) is -0.0331. The van der Waals surface area contributed by atoms with Crippen LogP contribution in [0.3, 0.4) is 0 Å². The molecule has 0 unspecified atom stereocenters. The average Bonchev–Trinajstić information content (AvgIpc) is 2.19. The summed E-state index contributed by atoms with van der Waals surface area (Å²) in [5, 5.41) is 9.58. The number of rotatable bonds is 4. The summed E-state index contributed by atoms with van der Waals surface area (Å²) in [6, 6.07) is 3.09. The lowest BCUT2D eigenvalue weighted by molar-refractivity contribution is -0.117. The van der Waals surface area contributed by atoms with Gasteiger partial charge in [0, 0.05) is 0 Å². The largest absolute Gasteiger partial charge is 0.502 e. The number of amides is 1. The first-order valence-corrected chi connectivity index (χ1v) is 4.30. The van der Waals surface area contributed by atoms with Crippen LogP contribution in [0.25, 0.3) is 0 Å². The highest BCUT2D eigenvalue weighted by molar-refractivity contribution is 5.85. The Balaban J connectivity index is 0.00000225. The number of hydrogen-bond donors (Lipinski definition) is 2. The van der Waals surface area contributed by atoms with Gasteiger partial charge in [-0.15, -0.1) is 12.4 Å². The van der Waals surface area contributed by atoms with E-state index in [-0.39, 0.29) is 36.1 Å². The molecule has 0 aromatic heterocycles. The van der Waals surface area contributed by atoms with Crippen LogP contribution >= 0.6 is 12.4 Å². The van der Waals surface area contributed by atoms with E-state index < -0.39 is 5.91 Å². The topological polar surface area (TPSA) is 81.8 Å². The number of methoxy groups -OCH3 is 2. The molecule has 0 fully saturated rings. The number of benzene rings is 1. The van der Waals surface area contributed by atoms with Gasteiger partial charge in [0.25, 0.3) is 0 Å². The molecular formula is C10H14ClNO4. The highest BCUT2D eigenvalue weighted by Gasteiger charge is 2.11. The van der Waals surface area contributed by atoms with Crippen LogP contribution in [0.5, 0.6) is 17.2 Å². The molecule has 90 valence electrons. The van der Waals surface area contributed by atoms with E-state index in [2.05, 4.69) is 0 Å². The Labute approximate surface area is 99.6 Å². The van der Waals surface area contributed by atoms with Crippen LogP contribution in [0.15, 0.2) is 12.1 Å². The molecule has 0 radical (unpaired) electrons. The number of ether oxygens (including phenoxy) is 2. The molecule has 0 aliphatic carbocycles. The van der Waals surface area contributed by atoms with Crippen LogP contribution in [0.2, 0.25) is 0 Å². The van der Waals surface area contributed by atoms with Gasteiger partial charge in [0.2, 0.25) is 11.7 Å². The molecule has 16 heavy (non-hydrogen) atoms. The summed E-state index contributed by atoms with van der Waals surface area (Å²) in [6.45, 7) is 0. The molecule has 1 amide bonds. The number of carbonyl (C=O) groups excluding carboxylic acids is 1. The summed E-state index contributed by atoms with van der Waals surface area (Å²) in [4.78, 5) is 10.7. The van der Waals surface area contributed by atoms with E-state index in [4.69, 9.17) is 15.2 Å². The zero-order valence-corrected chi connectivity index (χ0v) is 9.84. The molecule has 0 heterocycles. The first-order chi connectivity index (χ1) is 7.08. The highest BCUT2D eigenvalue weighted by atomic mass is 35.5. The van der Waals surface area contributed by atoms with Gasteiger partial charge in [-0.3, -0.25) is 4.79 Å². The van der Waals surface area contributed by atoms with Crippen molar-refractivity contribution in [2.45, 2.75) is 6.42 Å². The van der Waals surface area contributed by atoms with Crippen LogP contribution in [-0.4, -0.2) is 25.2 Å². The molecule has 0 spiro atoms. The predicted molar refractivity (Wildman–Crippen MR) is 61.4 cm³/mol. The fourth-order valence-corrected chi connectivity index (χ4v) is 1.25. The van der Waals surface area contributed by atoms with Gasteiger partial charge in [-0.1, -0.05) is 0 Å². The van der Waals surface area contributed by atoms with Gasteiger partial charge in [0.15, 0.2) is 11.5 Å². The third-order valence-corrected chi connectivity index (χ3v) is 1.92. The minimum Gasteiger partial charge on any atom is -0.502 e. The van der Waals surface area contributed by atoms with Gasteiger partial charge < -0.3 is 20.3 Å². The van der Waals surface area contributed by atoms with Crippen molar-refractivity contribution in [2.75, 3.05) is 14.2 Å². The summed E-state index contributed by atoms with van der Waals surface area (Å²) in [5.41, 5.74) is 5.70. The Bertz CT molecular complexity index is 356. The number of carbonyl (C=O) groups is 1. The third-order valence-electron chi connectivity index (χ3n) is 1.92. The van der Waals surface area contributed by atoms with E-state index in [0.717, 1.165) is 0 Å². The van der Waals surface area contributed by atoms with Crippen LogP contribution in [0.1, 0.15) is 5.56 Å². The van der Waals surface area contributed by atoms with Crippen molar-refractivity contribution in [3.8, 4) is 17.2 Å². The van der Waals surface area contributed by atoms with Crippen LogP contribution in [0.4, 0.5) is 0 Å². The molecule has 0 saturated carbocycles. The molecule has 1 rings (SSSR count). The Morgan fingerprint density at radius 3 is 2.06 bits per heavy atom. The van der Waals surface area contributed by atoms with Gasteiger partial charge in [-0.25, -0.2) is 0 Å². The van der Waals surface area contributed by atoms with E-state index >= 15 is 0 Å². The normalized spacial score (nSPS) is 9.12. The van der Waals surface area contributed by atoms with Crippen LogP contribution in [0, 0.1) is 0 Å². The summed E-state index contributed by atoms with van der Waals surface area (Å²) in [7, 11) is 2.84. The Morgan fingerprint density at radius 2 is 1.75 bits per heavy atom. The molecule has 0 bridgehead atoms. The monoisotopic (exact) mass is 247 g/mol. The van der Waals surface area contributed by atoms with E-state index in [1.54, 1.807) is 12.1 Å². The number of primary amides is 1. The fraction of sp³-hybridized carbons (Fsp3) is 0.300. The van der Waals surface area contributed by atoms with Crippen LogP contribution in [-0.2, 0) is 11.2 Å². The molecule has 5 nitrogen and oxygen atoms in total. The van der Waals surface area contributed by atoms with Crippen molar-refractivity contribution in [3.63, 3.8) is 0 Å². The maximum absolute atomic E-state index is 10.7. The van der Waals surface area contributed by atoms with Crippen molar-refractivity contribution in [3.05, 3.63) is 17.7 Å². The molecule has 0 aliphatic heterocycles. The second kappa shape index (κ2) is 6.07. The second-order valence-electron chi connectivity index (χ2n) is 2.99. The summed E-state index contributed by atoms with van der Waals surface area (Å²) < 4.78 is 9.86. The van der Waals surface area contributed by atoms with E-state index in [9.17, 15) is 9.90 Å². The van der Waals surface area contributed by atoms with Crippen molar-refractivity contribution < 1.29 is 19.4 Å². The van der Waals surface area contributed by atoms with Gasteiger partial charge in [-0.2, -0.15) is 0 Å². The number of hydrogen-bond acceptors (Lipinski definition) is 4. The molecule has 0 saturated heterocycles. The molecular weight excluding hydrogens is 234 g/mol. The predicted octanol–water partition coefficient (Wildman–Crippen LogP) is 0.859. The lowest BCUT2D eigenvalue weighted by Gasteiger charge is -2.10. The average molecular weight is 248 g/mol. The zero-order valence-electron chi connectivity index (χ0n) is 9.02. The maximum atomic E-state index is 10.7. The number of phenolic OH excluding ortho intramolecular Hbond substituents is 1. The van der Waals surface area contributed by atoms with Crippen LogP contribution < -0.4 is 15.2 Å². The number of aromatic hydroxyl groups is 1. The number of halogens is 1. The summed E-state index contributed by atoms with van der Waals surface area (Å²) >= 11 is 0. The van der Waals surface area contributed by atoms with E-state index in [0.29, 0.717) is 5.56 Å². The third kappa shape index (κ3) is 3.20. The fourth-order valence-electron chi connectivity index (χ4n) is 1.25. The lowest BCUT2D eigenvalue weighted by atomic mass is 10.1. The van der Waals surface area contributed by atoms with E-state index in [1.165, 1.54) is 14.2 Å². The molecule has 0 atom stereocenters. The van der Waals surface area contributed by atoms with Gasteiger partial charge in [0.05, 0.1) is 20.6 Å². The van der Waals surface area contributed by atoms with Crippen molar-refractivity contribution in [2.24, 2.45) is 5.73 Å². The first kappa shape index (κ1) is 14.4. The highest BCUT2D eigenvalue weighted by Crippen LogP contribution is 2.37. The molecule has 3 N–H and O–H groups in total. The van der Waals surface area contributed by atoms with Crippen molar-refractivity contribution in [1.29, 1.82) is 0 Å². The zero-order chi connectivity index (χ0) is 11.4. The van der Waals surface area contributed by atoms with Gasteiger partial charge in [-0.05, 0) is 17.7 Å². The standard InChI is InChI=1S/C10H13NO4.ClH/c1-14-7-3-6(5-9(11)12)4-8(15-2)10(7)13;/h3-4,13H,5H2,1-2H3,(H2,11,12);1H. The Kier molecular flexibility index (Phi) is 5.46. The van der Waals surface area contributed by atoms with Gasteiger partial charge >= 0.3 is 0 Å². The smallest absolute Gasteiger partial charge is 0.221 e. The Morgan fingerprint density at radius 1 is 1.31 bits per heavy atom. The van der Waals surface area contributed by atoms with Crippen molar-refractivity contribution in [1.82, 2.24) is 0 Å². The van der Waals surface area contributed by atoms with Crippen molar-refractivity contribution >= 4 is 18.3 Å².